The second kappa shape index (κ2) is 9.62. The molecule has 0 aliphatic carbocycles. The zero-order chi connectivity index (χ0) is 30.2. The first-order valence-electron chi connectivity index (χ1n) is 15.4. The molecule has 0 bridgehead atoms. The number of fused-ring (bicyclic) bond motifs is 9. The maximum Gasteiger partial charge on any atom is 0.144 e. The Balaban J connectivity index is 1.32. The van der Waals surface area contributed by atoms with Gasteiger partial charge in [0, 0.05) is 38.1 Å². The first kappa shape index (κ1) is 25.1. The van der Waals surface area contributed by atoms with Crippen LogP contribution in [0.1, 0.15) is 0 Å². The van der Waals surface area contributed by atoms with E-state index in [4.69, 9.17) is 18.8 Å². The van der Waals surface area contributed by atoms with E-state index in [-0.39, 0.29) is 0 Å². The topological polar surface area (TPSA) is 52.1 Å². The number of para-hydroxylation sites is 4. The number of hydrogen-bond donors (Lipinski definition) is 0. The lowest BCUT2D eigenvalue weighted by atomic mass is 9.94. The zero-order valence-electron chi connectivity index (χ0n) is 24.6. The normalized spacial score (nSPS) is 11.9. The average Bonchev–Trinajstić information content (AvgIpc) is 3.70. The van der Waals surface area contributed by atoms with E-state index in [1.165, 1.54) is 11.1 Å². The van der Waals surface area contributed by atoms with Crippen LogP contribution < -0.4 is 0 Å². The van der Waals surface area contributed by atoms with E-state index in [2.05, 4.69) is 91.0 Å². The van der Waals surface area contributed by atoms with Gasteiger partial charge >= 0.3 is 0 Å². The molecule has 0 spiro atoms. The minimum atomic E-state index is 0.772. The number of hydrogen-bond acceptors (Lipinski definition) is 4. The van der Waals surface area contributed by atoms with E-state index in [1.807, 2.05) is 54.6 Å². The van der Waals surface area contributed by atoms with Crippen LogP contribution >= 0.6 is 0 Å². The van der Waals surface area contributed by atoms with Crippen LogP contribution in [0, 0.1) is 0 Å². The van der Waals surface area contributed by atoms with Gasteiger partial charge in [-0.15, -0.1) is 0 Å². The van der Waals surface area contributed by atoms with Crippen molar-refractivity contribution in [2.45, 2.75) is 0 Å². The highest BCUT2D eigenvalue weighted by Crippen LogP contribution is 2.45. The molecule has 0 fully saturated rings. The number of furan rings is 2. The first-order chi connectivity index (χ1) is 22.8. The highest BCUT2D eigenvalue weighted by Gasteiger charge is 2.23. The molecule has 0 aliphatic rings. The second-order valence-electron chi connectivity index (χ2n) is 11.7. The standard InChI is InChI=1S/C42H24N2O2/c1-2-12-25(13-3-1)32-24-33-28-17-10-19-31(41(28)46-42(33)27-15-5-4-14-26(27)32)40-39(43-34-20-7-8-21-35(34)44-40)30-18-11-23-37-38(30)29-16-6-9-22-36(29)45-37/h1-24H. The Bertz CT molecular complexity index is 2810. The summed E-state index contributed by atoms with van der Waals surface area (Å²) >= 11 is 0. The molecular weight excluding hydrogens is 564 g/mol. The van der Waals surface area contributed by atoms with Crippen LogP contribution in [-0.4, -0.2) is 9.97 Å². The molecule has 0 saturated carbocycles. The van der Waals surface area contributed by atoms with Gasteiger partial charge in [0.1, 0.15) is 28.0 Å². The molecule has 0 aliphatic heterocycles. The third-order valence-electron chi connectivity index (χ3n) is 9.07. The van der Waals surface area contributed by atoms with Gasteiger partial charge in [-0.3, -0.25) is 0 Å². The molecule has 0 unspecified atom stereocenters. The lowest BCUT2D eigenvalue weighted by Crippen LogP contribution is -1.96. The number of benzene rings is 7. The summed E-state index contributed by atoms with van der Waals surface area (Å²) in [4.78, 5) is 10.6. The lowest BCUT2D eigenvalue weighted by molar-refractivity contribution is 0.669. The molecule has 3 aromatic heterocycles. The number of aromatic nitrogens is 2. The number of rotatable bonds is 3. The molecule has 0 amide bonds. The molecule has 0 atom stereocenters. The van der Waals surface area contributed by atoms with Crippen molar-refractivity contribution in [2.75, 3.05) is 0 Å². The molecular formula is C42H24N2O2. The van der Waals surface area contributed by atoms with Gasteiger partial charge in [0.2, 0.25) is 0 Å². The fourth-order valence-corrected chi connectivity index (χ4v) is 7.01. The van der Waals surface area contributed by atoms with E-state index in [0.29, 0.717) is 0 Å². The van der Waals surface area contributed by atoms with Crippen LogP contribution in [0.3, 0.4) is 0 Å². The fraction of sp³-hybridized carbons (Fsp3) is 0. The van der Waals surface area contributed by atoms with E-state index in [9.17, 15) is 0 Å². The predicted octanol–water partition coefficient (Wildman–Crippen LogP) is 11.6. The van der Waals surface area contributed by atoms with Gasteiger partial charge in [-0.1, -0.05) is 109 Å². The van der Waals surface area contributed by atoms with Crippen LogP contribution in [-0.2, 0) is 0 Å². The summed E-state index contributed by atoms with van der Waals surface area (Å²) in [7, 11) is 0. The molecule has 4 heteroatoms. The molecule has 0 N–H and O–H groups in total. The van der Waals surface area contributed by atoms with Gasteiger partial charge in [0.15, 0.2) is 0 Å². The monoisotopic (exact) mass is 588 g/mol. The summed E-state index contributed by atoms with van der Waals surface area (Å²) in [6.45, 7) is 0. The molecule has 0 saturated heterocycles. The Morgan fingerprint density at radius 3 is 1.78 bits per heavy atom. The van der Waals surface area contributed by atoms with Crippen molar-refractivity contribution in [1.82, 2.24) is 9.97 Å². The molecule has 46 heavy (non-hydrogen) atoms. The van der Waals surface area contributed by atoms with Crippen molar-refractivity contribution in [3.63, 3.8) is 0 Å². The van der Waals surface area contributed by atoms with E-state index in [0.717, 1.165) is 88.2 Å². The highest BCUT2D eigenvalue weighted by atomic mass is 16.3. The van der Waals surface area contributed by atoms with E-state index in [1.54, 1.807) is 0 Å². The molecule has 7 aromatic carbocycles. The highest BCUT2D eigenvalue weighted by molar-refractivity contribution is 6.21. The maximum absolute atomic E-state index is 6.90. The molecule has 214 valence electrons. The Kier molecular flexibility index (Phi) is 5.25. The second-order valence-corrected chi connectivity index (χ2v) is 11.7. The Hall–Kier alpha value is -6.26. The fourth-order valence-electron chi connectivity index (χ4n) is 7.01. The summed E-state index contributed by atoms with van der Waals surface area (Å²) in [5.41, 5.74) is 10.8. The van der Waals surface area contributed by atoms with Gasteiger partial charge in [0.05, 0.1) is 16.7 Å². The predicted molar refractivity (Wildman–Crippen MR) is 188 cm³/mol. The third kappa shape index (κ3) is 3.61. The molecule has 10 rings (SSSR count). The summed E-state index contributed by atoms with van der Waals surface area (Å²) in [6.07, 6.45) is 0. The molecule has 3 heterocycles. The quantitative estimate of drug-likeness (QED) is 0.206. The summed E-state index contributed by atoms with van der Waals surface area (Å²) in [5.74, 6) is 0. The number of nitrogens with zero attached hydrogens (tertiary/aromatic N) is 2. The maximum atomic E-state index is 6.90. The van der Waals surface area contributed by atoms with Crippen LogP contribution in [0.2, 0.25) is 0 Å². The van der Waals surface area contributed by atoms with Crippen LogP contribution in [0.15, 0.2) is 154 Å². The molecule has 0 radical (unpaired) electrons. The molecule has 10 aromatic rings. The Morgan fingerprint density at radius 1 is 0.370 bits per heavy atom. The zero-order valence-corrected chi connectivity index (χ0v) is 24.6. The minimum absolute atomic E-state index is 0.772. The minimum Gasteiger partial charge on any atom is -0.456 e. The van der Waals surface area contributed by atoms with Gasteiger partial charge in [-0.25, -0.2) is 9.97 Å². The van der Waals surface area contributed by atoms with E-state index >= 15 is 0 Å². The van der Waals surface area contributed by atoms with Gasteiger partial charge in [0.25, 0.3) is 0 Å². The lowest BCUT2D eigenvalue weighted by Gasteiger charge is -2.12. The van der Waals surface area contributed by atoms with Crippen molar-refractivity contribution in [3.8, 4) is 33.6 Å². The van der Waals surface area contributed by atoms with Gasteiger partial charge in [-0.2, -0.15) is 0 Å². The summed E-state index contributed by atoms with van der Waals surface area (Å²) in [5, 5.41) is 6.44. The third-order valence-corrected chi connectivity index (χ3v) is 9.07. The van der Waals surface area contributed by atoms with Crippen LogP contribution in [0.5, 0.6) is 0 Å². The van der Waals surface area contributed by atoms with Gasteiger partial charge in [-0.05, 0) is 52.9 Å². The molecule has 4 nitrogen and oxygen atoms in total. The smallest absolute Gasteiger partial charge is 0.144 e. The van der Waals surface area contributed by atoms with Crippen molar-refractivity contribution in [2.24, 2.45) is 0 Å². The van der Waals surface area contributed by atoms with Crippen LogP contribution in [0.4, 0.5) is 0 Å². The average molecular weight is 589 g/mol. The van der Waals surface area contributed by atoms with Crippen molar-refractivity contribution in [1.29, 1.82) is 0 Å². The van der Waals surface area contributed by atoms with Crippen molar-refractivity contribution in [3.05, 3.63) is 146 Å². The summed E-state index contributed by atoms with van der Waals surface area (Å²) < 4.78 is 13.2. The summed E-state index contributed by atoms with van der Waals surface area (Å²) in [6, 6.07) is 50.0. The van der Waals surface area contributed by atoms with Crippen molar-refractivity contribution >= 4 is 65.7 Å². The Morgan fingerprint density at radius 2 is 0.957 bits per heavy atom. The first-order valence-corrected chi connectivity index (χ1v) is 15.4. The Labute approximate surface area is 263 Å². The largest absolute Gasteiger partial charge is 0.456 e. The van der Waals surface area contributed by atoms with Gasteiger partial charge < -0.3 is 8.83 Å². The van der Waals surface area contributed by atoms with E-state index < -0.39 is 0 Å². The van der Waals surface area contributed by atoms with Crippen LogP contribution in [0.25, 0.3) is 99.3 Å². The SMILES string of the molecule is c1ccc(-c2cc3c4cccc(-c5nc6ccccc6nc5-c5cccc6oc7ccccc7c56)c4oc3c3ccccc23)cc1. The van der Waals surface area contributed by atoms with Crippen molar-refractivity contribution < 1.29 is 8.83 Å².